The molecule has 1 heterocycles. The molecule has 2 heteroatoms. The normalized spacial score (nSPS) is 33.6. The molecule has 2 nitrogen and oxygen atoms in total. The van der Waals surface area contributed by atoms with Gasteiger partial charge in [-0.3, -0.25) is 0 Å². The summed E-state index contributed by atoms with van der Waals surface area (Å²) in [5.74, 6) is 1.29. The van der Waals surface area contributed by atoms with E-state index in [1.165, 1.54) is 32.1 Å². The van der Waals surface area contributed by atoms with E-state index in [0.29, 0.717) is 11.8 Å². The van der Waals surface area contributed by atoms with E-state index in [4.69, 9.17) is 5.41 Å². The van der Waals surface area contributed by atoms with Crippen LogP contribution in [0.4, 0.5) is 0 Å². The van der Waals surface area contributed by atoms with E-state index in [1.54, 1.807) is 0 Å². The molecule has 2 rings (SSSR count). The minimum Gasteiger partial charge on any atom is -0.309 e. The summed E-state index contributed by atoms with van der Waals surface area (Å²) in [5.41, 5.74) is 1.49. The molecule has 0 aromatic heterocycles. The van der Waals surface area contributed by atoms with E-state index in [2.05, 4.69) is 33.0 Å². The first kappa shape index (κ1) is 13.1. The van der Waals surface area contributed by atoms with Gasteiger partial charge in [-0.25, -0.2) is 0 Å². The molecular formula is C15H28N2. The first-order valence-electron chi connectivity index (χ1n) is 7.16. The van der Waals surface area contributed by atoms with Crippen LogP contribution in [-0.2, 0) is 0 Å². The summed E-state index contributed by atoms with van der Waals surface area (Å²) in [6, 6.07) is 0. The molecule has 0 bridgehead atoms. The average Bonchev–Trinajstić information content (AvgIpc) is 2.13. The molecule has 2 fully saturated rings. The Hall–Kier alpha value is -0.370. The molecular weight excluding hydrogens is 208 g/mol. The minimum atomic E-state index is 0.226. The van der Waals surface area contributed by atoms with Crippen LogP contribution >= 0.6 is 0 Å². The molecule has 1 unspecified atom stereocenters. The zero-order valence-corrected chi connectivity index (χ0v) is 11.9. The third kappa shape index (κ3) is 3.09. The molecule has 0 amide bonds. The summed E-state index contributed by atoms with van der Waals surface area (Å²) in [5, 5.41) is 12.0. The van der Waals surface area contributed by atoms with Gasteiger partial charge < -0.3 is 10.7 Å². The highest BCUT2D eigenvalue weighted by atomic mass is 15.0. The Kier molecular flexibility index (Phi) is 3.37. The second kappa shape index (κ2) is 4.38. The van der Waals surface area contributed by atoms with Crippen molar-refractivity contribution in [2.45, 2.75) is 77.3 Å². The van der Waals surface area contributed by atoms with Gasteiger partial charge in [-0.15, -0.1) is 0 Å². The van der Waals surface area contributed by atoms with Crippen LogP contribution in [0.2, 0.25) is 0 Å². The Morgan fingerprint density at radius 2 is 1.65 bits per heavy atom. The molecule has 2 aliphatic rings. The molecule has 0 aromatic rings. The fourth-order valence-electron chi connectivity index (χ4n) is 4.25. The van der Waals surface area contributed by atoms with E-state index in [9.17, 15) is 0 Å². The standard InChI is InChI=1S/C15H28N2/c1-14(2)9-11(10-15(3,4)17-14)12-7-5-6-8-13(12)16/h11-12,16-17H,5-10H2,1-4H3. The van der Waals surface area contributed by atoms with E-state index >= 15 is 0 Å². The lowest BCUT2D eigenvalue weighted by molar-refractivity contribution is 0.104. The predicted octanol–water partition coefficient (Wildman–Crippen LogP) is 3.75. The number of rotatable bonds is 1. The van der Waals surface area contributed by atoms with Crippen LogP contribution in [0.15, 0.2) is 0 Å². The number of nitrogens with one attached hydrogen (secondary N) is 2. The summed E-state index contributed by atoms with van der Waals surface area (Å²) in [4.78, 5) is 0. The third-order valence-corrected chi connectivity index (χ3v) is 4.45. The van der Waals surface area contributed by atoms with Crippen LogP contribution in [0.5, 0.6) is 0 Å². The van der Waals surface area contributed by atoms with Crippen molar-refractivity contribution >= 4 is 5.71 Å². The van der Waals surface area contributed by atoms with Crippen LogP contribution in [0.1, 0.15) is 66.2 Å². The molecule has 1 saturated carbocycles. The van der Waals surface area contributed by atoms with Gasteiger partial charge in [-0.1, -0.05) is 6.42 Å². The van der Waals surface area contributed by atoms with Crippen molar-refractivity contribution in [3.8, 4) is 0 Å². The maximum absolute atomic E-state index is 8.22. The van der Waals surface area contributed by atoms with Gasteiger partial charge in [0.1, 0.15) is 0 Å². The van der Waals surface area contributed by atoms with Crippen LogP contribution in [0.3, 0.4) is 0 Å². The molecule has 0 aromatic carbocycles. The lowest BCUT2D eigenvalue weighted by Gasteiger charge is -2.49. The minimum absolute atomic E-state index is 0.226. The second-order valence-corrected chi connectivity index (χ2v) is 7.44. The van der Waals surface area contributed by atoms with Gasteiger partial charge in [0.15, 0.2) is 0 Å². The van der Waals surface area contributed by atoms with Gasteiger partial charge >= 0.3 is 0 Å². The van der Waals surface area contributed by atoms with Crippen molar-refractivity contribution < 1.29 is 0 Å². The fraction of sp³-hybridized carbons (Fsp3) is 0.933. The zero-order valence-electron chi connectivity index (χ0n) is 11.9. The van der Waals surface area contributed by atoms with E-state index in [-0.39, 0.29) is 11.1 Å². The monoisotopic (exact) mass is 236 g/mol. The Morgan fingerprint density at radius 1 is 1.06 bits per heavy atom. The van der Waals surface area contributed by atoms with Gasteiger partial charge in [0.2, 0.25) is 0 Å². The van der Waals surface area contributed by atoms with Crippen molar-refractivity contribution in [3.05, 3.63) is 0 Å². The largest absolute Gasteiger partial charge is 0.309 e. The average molecular weight is 236 g/mol. The van der Waals surface area contributed by atoms with Crippen molar-refractivity contribution in [3.63, 3.8) is 0 Å². The number of hydrogen-bond acceptors (Lipinski definition) is 2. The van der Waals surface area contributed by atoms with Crippen LogP contribution in [0.25, 0.3) is 0 Å². The maximum Gasteiger partial charge on any atom is 0.0133 e. The van der Waals surface area contributed by atoms with Gasteiger partial charge in [0.25, 0.3) is 0 Å². The summed E-state index contributed by atoms with van der Waals surface area (Å²) in [6.07, 6.45) is 7.34. The second-order valence-electron chi connectivity index (χ2n) is 7.44. The van der Waals surface area contributed by atoms with Crippen molar-refractivity contribution in [2.24, 2.45) is 11.8 Å². The third-order valence-electron chi connectivity index (χ3n) is 4.45. The highest BCUT2D eigenvalue weighted by Gasteiger charge is 2.41. The smallest absolute Gasteiger partial charge is 0.0133 e. The predicted molar refractivity (Wildman–Crippen MR) is 73.7 cm³/mol. The quantitative estimate of drug-likeness (QED) is 0.714. The molecule has 1 atom stereocenters. The van der Waals surface area contributed by atoms with Gasteiger partial charge in [-0.2, -0.15) is 0 Å². The molecule has 1 aliphatic carbocycles. The molecule has 17 heavy (non-hydrogen) atoms. The van der Waals surface area contributed by atoms with Crippen molar-refractivity contribution in [2.75, 3.05) is 0 Å². The summed E-state index contributed by atoms with van der Waals surface area (Å²) in [7, 11) is 0. The molecule has 0 spiro atoms. The van der Waals surface area contributed by atoms with E-state index in [0.717, 1.165) is 12.1 Å². The molecule has 2 N–H and O–H groups in total. The lowest BCUT2D eigenvalue weighted by atomic mass is 9.67. The number of piperidine rings is 1. The lowest BCUT2D eigenvalue weighted by Crippen LogP contribution is -2.59. The maximum atomic E-state index is 8.22. The SMILES string of the molecule is CC1(C)CC(C2CCCCC2=N)CC(C)(C)N1. The Bertz CT molecular complexity index is 288. The Morgan fingerprint density at radius 3 is 2.18 bits per heavy atom. The Labute approximate surface area is 106 Å². The van der Waals surface area contributed by atoms with Crippen LogP contribution in [0, 0.1) is 17.2 Å². The van der Waals surface area contributed by atoms with Gasteiger partial charge in [0, 0.05) is 16.8 Å². The highest BCUT2D eigenvalue weighted by Crippen LogP contribution is 2.40. The summed E-state index contributed by atoms with van der Waals surface area (Å²) < 4.78 is 0. The van der Waals surface area contributed by atoms with E-state index < -0.39 is 0 Å². The molecule has 1 aliphatic heterocycles. The van der Waals surface area contributed by atoms with Crippen LogP contribution < -0.4 is 5.32 Å². The molecule has 98 valence electrons. The van der Waals surface area contributed by atoms with Crippen LogP contribution in [-0.4, -0.2) is 16.8 Å². The van der Waals surface area contributed by atoms with E-state index in [1.807, 2.05) is 0 Å². The first-order chi connectivity index (χ1) is 7.79. The summed E-state index contributed by atoms with van der Waals surface area (Å²) >= 11 is 0. The zero-order chi connectivity index (χ0) is 12.7. The molecule has 0 radical (unpaired) electrons. The molecule has 1 saturated heterocycles. The van der Waals surface area contributed by atoms with Crippen molar-refractivity contribution in [1.82, 2.24) is 5.32 Å². The summed E-state index contributed by atoms with van der Waals surface area (Å²) in [6.45, 7) is 9.25. The first-order valence-corrected chi connectivity index (χ1v) is 7.16. The fourth-order valence-corrected chi connectivity index (χ4v) is 4.25. The topological polar surface area (TPSA) is 35.9 Å². The van der Waals surface area contributed by atoms with Crippen molar-refractivity contribution in [1.29, 1.82) is 5.41 Å². The van der Waals surface area contributed by atoms with Gasteiger partial charge in [-0.05, 0) is 71.6 Å². The van der Waals surface area contributed by atoms with Gasteiger partial charge in [0.05, 0.1) is 0 Å². The highest BCUT2D eigenvalue weighted by molar-refractivity contribution is 5.84. The Balaban J connectivity index is 2.12. The number of hydrogen-bond donors (Lipinski definition) is 2.